The van der Waals surface area contributed by atoms with Crippen molar-refractivity contribution in [3.8, 4) is 0 Å². The van der Waals surface area contributed by atoms with Crippen LogP contribution in [0, 0.1) is 20.2 Å². The number of nitrogens with zero attached hydrogens (tertiary/aromatic N) is 2. The van der Waals surface area contributed by atoms with E-state index in [2.05, 4.69) is 10.6 Å². The van der Waals surface area contributed by atoms with E-state index in [4.69, 9.17) is 0 Å². The summed E-state index contributed by atoms with van der Waals surface area (Å²) in [6, 6.07) is 6.72. The molecule has 0 aliphatic heterocycles. The molecule has 0 heterocycles. The van der Waals surface area contributed by atoms with E-state index >= 15 is 0 Å². The fraction of sp³-hybridized carbons (Fsp3) is 0.188. The largest absolute Gasteiger partial charge is 0.416 e. The molecule has 2 aromatic carbocycles. The molecule has 12 heteroatoms. The van der Waals surface area contributed by atoms with Crippen LogP contribution in [-0.4, -0.2) is 28.8 Å². The van der Waals surface area contributed by atoms with E-state index in [0.717, 1.165) is 36.4 Å². The first kappa shape index (κ1) is 20.6. The molecule has 2 aromatic rings. The van der Waals surface area contributed by atoms with Gasteiger partial charge in [0.05, 0.1) is 21.5 Å². The van der Waals surface area contributed by atoms with Crippen molar-refractivity contribution < 1.29 is 27.8 Å². The average molecular weight is 398 g/mol. The van der Waals surface area contributed by atoms with E-state index < -0.39 is 38.9 Å². The zero-order valence-corrected chi connectivity index (χ0v) is 14.0. The van der Waals surface area contributed by atoms with Gasteiger partial charge in [0.15, 0.2) is 0 Å². The topological polar surface area (TPSA) is 127 Å². The lowest BCUT2D eigenvalue weighted by atomic mass is 10.1. The van der Waals surface area contributed by atoms with Gasteiger partial charge in [0.25, 0.3) is 17.3 Å². The predicted molar refractivity (Wildman–Crippen MR) is 92.0 cm³/mol. The summed E-state index contributed by atoms with van der Waals surface area (Å²) in [5.41, 5.74) is -1.76. The maximum Gasteiger partial charge on any atom is 0.416 e. The van der Waals surface area contributed by atoms with Crippen molar-refractivity contribution in [1.82, 2.24) is 5.32 Å². The van der Waals surface area contributed by atoms with Crippen molar-refractivity contribution in [2.75, 3.05) is 18.4 Å². The standard InChI is InChI=1S/C16H13F3N4O5/c17-16(18,19)11-3-1-10(2-4-11)15(24)21-8-7-20-13-6-5-12(22(25)26)9-14(13)23(27)28/h1-6,9,20H,7-8H2,(H,21,24). The molecule has 0 aliphatic rings. The second-order valence-electron chi connectivity index (χ2n) is 5.47. The Morgan fingerprint density at radius 2 is 1.61 bits per heavy atom. The third kappa shape index (κ3) is 5.16. The number of rotatable bonds is 7. The van der Waals surface area contributed by atoms with Crippen molar-refractivity contribution in [2.45, 2.75) is 6.18 Å². The van der Waals surface area contributed by atoms with Gasteiger partial charge in [-0.05, 0) is 30.3 Å². The van der Waals surface area contributed by atoms with Gasteiger partial charge in [0.2, 0.25) is 0 Å². The van der Waals surface area contributed by atoms with Gasteiger partial charge < -0.3 is 10.6 Å². The molecule has 148 valence electrons. The van der Waals surface area contributed by atoms with Crippen LogP contribution in [0.2, 0.25) is 0 Å². The summed E-state index contributed by atoms with van der Waals surface area (Å²) >= 11 is 0. The molecule has 0 aromatic heterocycles. The number of halogens is 3. The minimum absolute atomic E-state index is 0.00793. The highest BCUT2D eigenvalue weighted by molar-refractivity contribution is 5.94. The summed E-state index contributed by atoms with van der Waals surface area (Å²) in [4.78, 5) is 32.1. The Morgan fingerprint density at radius 1 is 0.964 bits per heavy atom. The number of hydrogen-bond acceptors (Lipinski definition) is 6. The molecule has 0 spiro atoms. The van der Waals surface area contributed by atoms with Gasteiger partial charge >= 0.3 is 6.18 Å². The Hall–Kier alpha value is -3.70. The molecule has 2 N–H and O–H groups in total. The van der Waals surface area contributed by atoms with Crippen LogP contribution >= 0.6 is 0 Å². The highest BCUT2D eigenvalue weighted by atomic mass is 19.4. The van der Waals surface area contributed by atoms with Gasteiger partial charge in [0.1, 0.15) is 5.69 Å². The normalized spacial score (nSPS) is 11.0. The molecule has 2 rings (SSSR count). The van der Waals surface area contributed by atoms with Gasteiger partial charge in [-0.25, -0.2) is 0 Å². The molecule has 0 atom stereocenters. The number of benzene rings is 2. The number of carbonyl (C=O) groups is 1. The number of alkyl halides is 3. The van der Waals surface area contributed by atoms with E-state index in [-0.39, 0.29) is 24.3 Å². The lowest BCUT2D eigenvalue weighted by molar-refractivity contribution is -0.393. The van der Waals surface area contributed by atoms with Crippen LogP contribution in [0.25, 0.3) is 0 Å². The zero-order chi connectivity index (χ0) is 20.9. The fourth-order valence-corrected chi connectivity index (χ4v) is 2.22. The third-order valence-corrected chi connectivity index (χ3v) is 3.59. The smallest absolute Gasteiger partial charge is 0.378 e. The number of nitrogens with one attached hydrogen (secondary N) is 2. The Labute approximate surface area is 155 Å². The lowest BCUT2D eigenvalue weighted by Crippen LogP contribution is -2.28. The van der Waals surface area contributed by atoms with Crippen LogP contribution in [0.15, 0.2) is 42.5 Å². The Kier molecular flexibility index (Phi) is 6.13. The number of carbonyl (C=O) groups excluding carboxylic acids is 1. The molecule has 1 amide bonds. The van der Waals surface area contributed by atoms with E-state index in [9.17, 15) is 38.2 Å². The molecule has 9 nitrogen and oxygen atoms in total. The van der Waals surface area contributed by atoms with Crippen LogP contribution in [0.4, 0.5) is 30.2 Å². The molecule has 0 bridgehead atoms. The van der Waals surface area contributed by atoms with Crippen LogP contribution in [0.5, 0.6) is 0 Å². The third-order valence-electron chi connectivity index (χ3n) is 3.59. The number of anilines is 1. The maximum atomic E-state index is 12.5. The molecule has 28 heavy (non-hydrogen) atoms. The summed E-state index contributed by atoms with van der Waals surface area (Å²) in [7, 11) is 0. The van der Waals surface area contributed by atoms with Crippen LogP contribution < -0.4 is 10.6 Å². The van der Waals surface area contributed by atoms with Crippen LogP contribution in [-0.2, 0) is 6.18 Å². The van der Waals surface area contributed by atoms with Gasteiger partial charge in [-0.1, -0.05) is 0 Å². The Balaban J connectivity index is 1.93. The number of nitro benzene ring substituents is 2. The zero-order valence-electron chi connectivity index (χ0n) is 14.0. The molecular weight excluding hydrogens is 385 g/mol. The maximum absolute atomic E-state index is 12.5. The Bertz CT molecular complexity index is 900. The second kappa shape index (κ2) is 8.33. The molecular formula is C16H13F3N4O5. The second-order valence-corrected chi connectivity index (χ2v) is 5.47. The first-order valence-electron chi connectivity index (χ1n) is 7.72. The summed E-state index contributed by atoms with van der Waals surface area (Å²) < 4.78 is 37.5. The molecule has 0 radical (unpaired) electrons. The van der Waals surface area contributed by atoms with Gasteiger partial charge in [-0.15, -0.1) is 0 Å². The first-order valence-corrected chi connectivity index (χ1v) is 7.72. The highest BCUT2D eigenvalue weighted by Gasteiger charge is 2.30. The molecule has 0 aliphatic carbocycles. The van der Waals surface area contributed by atoms with E-state index in [0.29, 0.717) is 0 Å². The van der Waals surface area contributed by atoms with Crippen molar-refractivity contribution in [3.05, 3.63) is 73.8 Å². The van der Waals surface area contributed by atoms with E-state index in [1.807, 2.05) is 0 Å². The Morgan fingerprint density at radius 3 is 2.14 bits per heavy atom. The van der Waals surface area contributed by atoms with E-state index in [1.165, 1.54) is 6.07 Å². The van der Waals surface area contributed by atoms with Crippen LogP contribution in [0.1, 0.15) is 15.9 Å². The molecule has 0 unspecified atom stereocenters. The number of nitro groups is 2. The number of non-ortho nitro benzene ring substituents is 1. The number of hydrogen-bond donors (Lipinski definition) is 2. The van der Waals surface area contributed by atoms with Gasteiger partial charge in [-0.3, -0.25) is 25.0 Å². The van der Waals surface area contributed by atoms with Crippen molar-refractivity contribution in [2.24, 2.45) is 0 Å². The van der Waals surface area contributed by atoms with E-state index in [1.54, 1.807) is 0 Å². The first-order chi connectivity index (χ1) is 13.1. The van der Waals surface area contributed by atoms with Crippen molar-refractivity contribution in [1.29, 1.82) is 0 Å². The van der Waals surface area contributed by atoms with Crippen molar-refractivity contribution in [3.63, 3.8) is 0 Å². The summed E-state index contributed by atoms with van der Waals surface area (Å²) in [6.07, 6.45) is -4.50. The quantitative estimate of drug-likeness (QED) is 0.418. The lowest BCUT2D eigenvalue weighted by Gasteiger charge is -2.10. The highest BCUT2D eigenvalue weighted by Crippen LogP contribution is 2.29. The molecule has 0 saturated heterocycles. The number of amides is 1. The van der Waals surface area contributed by atoms with Crippen molar-refractivity contribution >= 4 is 23.0 Å². The fourth-order valence-electron chi connectivity index (χ4n) is 2.22. The van der Waals surface area contributed by atoms with Gasteiger partial charge in [0, 0.05) is 24.7 Å². The summed E-state index contributed by atoms with van der Waals surface area (Å²) in [5.74, 6) is -0.617. The SMILES string of the molecule is O=C(NCCNc1ccc([N+](=O)[O-])cc1[N+](=O)[O-])c1ccc(C(F)(F)F)cc1. The minimum atomic E-state index is -4.50. The predicted octanol–water partition coefficient (Wildman–Crippen LogP) is 3.36. The summed E-state index contributed by atoms with van der Waals surface area (Å²) in [5, 5.41) is 26.8. The van der Waals surface area contributed by atoms with Gasteiger partial charge in [-0.2, -0.15) is 13.2 Å². The molecule has 0 saturated carbocycles. The average Bonchev–Trinajstić information content (AvgIpc) is 2.64. The molecule has 0 fully saturated rings. The summed E-state index contributed by atoms with van der Waals surface area (Å²) in [6.45, 7) is 0.0546. The minimum Gasteiger partial charge on any atom is -0.378 e. The van der Waals surface area contributed by atoms with Crippen LogP contribution in [0.3, 0.4) is 0 Å². The monoisotopic (exact) mass is 398 g/mol.